The van der Waals surface area contributed by atoms with Crippen LogP contribution in [0.2, 0.25) is 15.1 Å². The van der Waals surface area contributed by atoms with Gasteiger partial charge in [0.25, 0.3) is 0 Å². The second-order valence-corrected chi connectivity index (χ2v) is 12.7. The molecule has 2 N–H and O–H groups in total. The molecule has 0 bridgehead atoms. The van der Waals surface area contributed by atoms with Gasteiger partial charge in [-0.15, -0.1) is 0 Å². The number of carboxylic acid groups (broad SMARTS) is 1. The van der Waals surface area contributed by atoms with Crippen LogP contribution in [0.25, 0.3) is 0 Å². The van der Waals surface area contributed by atoms with Crippen molar-refractivity contribution in [3.63, 3.8) is 0 Å². The zero-order chi connectivity index (χ0) is 32.8. The molecule has 0 saturated carbocycles. The highest BCUT2D eigenvalue weighted by Crippen LogP contribution is 2.38. The molecular weight excluding hydrogens is 649 g/mol. The number of nitrogens with one attached hydrogen (secondary N) is 1. The number of benzene rings is 4. The third kappa shape index (κ3) is 8.12. The number of carboxylic acids is 1. The Morgan fingerprint density at radius 3 is 2.33 bits per heavy atom. The highest BCUT2D eigenvalue weighted by molar-refractivity contribution is 6.35. The summed E-state index contributed by atoms with van der Waals surface area (Å²) >= 11 is 19.1. The molecule has 1 heterocycles. The summed E-state index contributed by atoms with van der Waals surface area (Å²) in [6.45, 7) is 2.12. The van der Waals surface area contributed by atoms with E-state index in [1.54, 1.807) is 36.4 Å². The number of rotatable bonds is 11. The van der Waals surface area contributed by atoms with Crippen LogP contribution in [0.1, 0.15) is 29.5 Å². The van der Waals surface area contributed by atoms with Gasteiger partial charge >= 0.3 is 12.0 Å². The van der Waals surface area contributed by atoms with E-state index in [0.29, 0.717) is 43.4 Å². The summed E-state index contributed by atoms with van der Waals surface area (Å²) in [7, 11) is 0. The monoisotopic (exact) mass is 679 g/mol. The smallest absolute Gasteiger partial charge is 0.324 e. The first-order valence-electron chi connectivity index (χ1n) is 14.6. The molecule has 1 aliphatic rings. The quantitative estimate of drug-likeness (QED) is 0.166. The Hall–Kier alpha value is -4.24. The number of halogens is 3. The van der Waals surface area contributed by atoms with Crippen molar-refractivity contribution in [1.29, 1.82) is 0 Å². The lowest BCUT2D eigenvalue weighted by Gasteiger charge is -2.47. The maximum atomic E-state index is 13.9. The molecule has 0 spiro atoms. The van der Waals surface area contributed by atoms with Crippen LogP contribution in [0.3, 0.4) is 0 Å². The van der Waals surface area contributed by atoms with Crippen LogP contribution in [-0.2, 0) is 22.7 Å². The second kappa shape index (κ2) is 14.5. The summed E-state index contributed by atoms with van der Waals surface area (Å²) in [6, 6.07) is 26.5. The number of hydrogen-bond acceptors (Lipinski definition) is 4. The number of amides is 3. The van der Waals surface area contributed by atoms with Crippen molar-refractivity contribution < 1.29 is 24.2 Å². The van der Waals surface area contributed by atoms with Crippen molar-refractivity contribution >= 4 is 58.4 Å². The van der Waals surface area contributed by atoms with Crippen molar-refractivity contribution in [3.8, 4) is 11.5 Å². The van der Waals surface area contributed by atoms with Gasteiger partial charge in [-0.05, 0) is 61.0 Å². The molecule has 4 aromatic carbocycles. The SMILES string of the molecule is Cc1ccc(N2CC(CC(=O)O)(CC(=O)NCc3c(Cl)cccc3Oc3ccccc3)CN(Cc3ccc(Cl)cc3Cl)C2=O)cc1. The Morgan fingerprint density at radius 2 is 1.63 bits per heavy atom. The lowest BCUT2D eigenvalue weighted by molar-refractivity contribution is -0.140. The van der Waals surface area contributed by atoms with Gasteiger partial charge < -0.3 is 20.1 Å². The largest absolute Gasteiger partial charge is 0.481 e. The number of aliphatic carboxylic acids is 1. The summed E-state index contributed by atoms with van der Waals surface area (Å²) in [5.74, 6) is -0.379. The number of para-hydroxylation sites is 1. The summed E-state index contributed by atoms with van der Waals surface area (Å²) in [5, 5.41) is 14.2. The van der Waals surface area contributed by atoms with E-state index in [9.17, 15) is 19.5 Å². The summed E-state index contributed by atoms with van der Waals surface area (Å²) in [6.07, 6.45) is -0.519. The number of hydrogen-bond donors (Lipinski definition) is 2. The van der Waals surface area contributed by atoms with Gasteiger partial charge in [-0.2, -0.15) is 0 Å². The van der Waals surface area contributed by atoms with Gasteiger partial charge in [0, 0.05) is 64.3 Å². The fourth-order valence-corrected chi connectivity index (χ4v) is 6.32. The lowest BCUT2D eigenvalue weighted by Crippen LogP contribution is -2.60. The molecule has 1 fully saturated rings. The fourth-order valence-electron chi connectivity index (χ4n) is 5.62. The van der Waals surface area contributed by atoms with Crippen LogP contribution in [-0.4, -0.2) is 41.0 Å². The van der Waals surface area contributed by atoms with Crippen molar-refractivity contribution in [2.45, 2.75) is 32.9 Å². The van der Waals surface area contributed by atoms with E-state index in [4.69, 9.17) is 39.5 Å². The van der Waals surface area contributed by atoms with Crippen molar-refractivity contribution in [2.24, 2.45) is 5.41 Å². The highest BCUT2D eigenvalue weighted by atomic mass is 35.5. The normalized spacial score (nSPS) is 16.3. The van der Waals surface area contributed by atoms with E-state index in [2.05, 4.69) is 5.32 Å². The predicted molar refractivity (Wildman–Crippen MR) is 180 cm³/mol. The molecule has 0 radical (unpaired) electrons. The lowest BCUT2D eigenvalue weighted by atomic mass is 9.78. The van der Waals surface area contributed by atoms with E-state index in [1.165, 1.54) is 9.80 Å². The molecule has 0 aliphatic carbocycles. The Bertz CT molecular complexity index is 1740. The van der Waals surface area contributed by atoms with E-state index in [1.807, 2.05) is 61.5 Å². The standard InChI is InChI=1S/C35H32Cl3N3O5/c1-23-10-14-26(15-11-23)41-22-35(18-33(43)44,21-40(34(41)45)20-24-12-13-25(36)16-30(24)38)17-32(42)39-19-28-29(37)8-5-9-31(28)46-27-6-3-2-4-7-27/h2-16H,17-22H2,1H3,(H,39,42)(H,43,44). The maximum Gasteiger partial charge on any atom is 0.324 e. The van der Waals surface area contributed by atoms with Crippen LogP contribution in [0, 0.1) is 12.3 Å². The third-order valence-corrected chi connectivity index (χ3v) is 8.76. The van der Waals surface area contributed by atoms with Crippen LogP contribution in [0.4, 0.5) is 10.5 Å². The number of urea groups is 1. The van der Waals surface area contributed by atoms with Crippen LogP contribution in [0.15, 0.2) is 91.0 Å². The van der Waals surface area contributed by atoms with Gasteiger partial charge in [-0.1, -0.05) is 82.8 Å². The molecule has 4 aromatic rings. The van der Waals surface area contributed by atoms with E-state index in [-0.39, 0.29) is 45.1 Å². The number of anilines is 1. The molecule has 46 heavy (non-hydrogen) atoms. The second-order valence-electron chi connectivity index (χ2n) is 11.5. The summed E-state index contributed by atoms with van der Waals surface area (Å²) < 4.78 is 6.03. The van der Waals surface area contributed by atoms with E-state index >= 15 is 0 Å². The van der Waals surface area contributed by atoms with Crippen molar-refractivity contribution in [2.75, 3.05) is 18.0 Å². The first-order valence-corrected chi connectivity index (χ1v) is 15.7. The highest BCUT2D eigenvalue weighted by Gasteiger charge is 2.46. The number of carbonyl (C=O) groups is 3. The van der Waals surface area contributed by atoms with Crippen LogP contribution >= 0.6 is 34.8 Å². The molecule has 1 saturated heterocycles. The first-order chi connectivity index (χ1) is 22.0. The molecule has 1 atom stereocenters. The Morgan fingerprint density at radius 1 is 0.891 bits per heavy atom. The van der Waals surface area contributed by atoms with Gasteiger partial charge in [0.15, 0.2) is 0 Å². The third-order valence-electron chi connectivity index (χ3n) is 7.81. The van der Waals surface area contributed by atoms with Crippen LogP contribution in [0.5, 0.6) is 11.5 Å². The molecule has 5 rings (SSSR count). The Kier molecular flexibility index (Phi) is 10.4. The van der Waals surface area contributed by atoms with Gasteiger partial charge in [0.2, 0.25) is 5.91 Å². The average molecular weight is 681 g/mol. The van der Waals surface area contributed by atoms with Gasteiger partial charge in [-0.3, -0.25) is 14.5 Å². The molecule has 0 aromatic heterocycles. The van der Waals surface area contributed by atoms with Gasteiger partial charge in [0.1, 0.15) is 11.5 Å². The Labute approximate surface area is 282 Å². The first kappa shape index (κ1) is 33.1. The van der Waals surface area contributed by atoms with E-state index in [0.717, 1.165) is 5.56 Å². The molecule has 238 valence electrons. The average Bonchev–Trinajstić information content (AvgIpc) is 3.00. The number of nitrogens with zero attached hydrogens (tertiary/aromatic N) is 2. The van der Waals surface area contributed by atoms with Gasteiger partial charge in [0.05, 0.1) is 6.42 Å². The maximum absolute atomic E-state index is 13.9. The minimum absolute atomic E-state index is 0.0152. The molecule has 8 nitrogen and oxygen atoms in total. The zero-order valence-electron chi connectivity index (χ0n) is 25.0. The number of aryl methyl sites for hydroxylation is 1. The molecular formula is C35H32Cl3N3O5. The number of ether oxygens (including phenoxy) is 1. The summed E-state index contributed by atoms with van der Waals surface area (Å²) in [4.78, 5) is 42.9. The van der Waals surface area contributed by atoms with Crippen molar-refractivity contribution in [1.82, 2.24) is 10.2 Å². The molecule has 1 unspecified atom stereocenters. The summed E-state index contributed by atoms with van der Waals surface area (Å²) in [5.41, 5.74) is 1.68. The molecule has 1 aliphatic heterocycles. The van der Waals surface area contributed by atoms with Crippen molar-refractivity contribution in [3.05, 3.63) is 123 Å². The minimum Gasteiger partial charge on any atom is -0.481 e. The molecule has 11 heteroatoms. The fraction of sp³-hybridized carbons (Fsp3) is 0.229. The predicted octanol–water partition coefficient (Wildman–Crippen LogP) is 8.36. The number of carbonyl (C=O) groups excluding carboxylic acids is 2. The van der Waals surface area contributed by atoms with Gasteiger partial charge in [-0.25, -0.2) is 4.79 Å². The molecule has 3 amide bonds. The topological polar surface area (TPSA) is 99.2 Å². The zero-order valence-corrected chi connectivity index (χ0v) is 27.3. The van der Waals surface area contributed by atoms with E-state index < -0.39 is 17.3 Å². The Balaban J connectivity index is 1.42. The van der Waals surface area contributed by atoms with Crippen LogP contribution < -0.4 is 15.0 Å². The minimum atomic E-state index is -1.14.